The highest BCUT2D eigenvalue weighted by Gasteiger charge is 2.19. The number of H-pyrrole nitrogens is 1. The molecule has 0 unspecified atom stereocenters. The lowest BCUT2D eigenvalue weighted by Gasteiger charge is -2.13. The van der Waals surface area contributed by atoms with Crippen molar-refractivity contribution < 1.29 is 9.90 Å². The highest BCUT2D eigenvalue weighted by atomic mass is 16.4. The lowest BCUT2D eigenvalue weighted by atomic mass is 10.1. The number of hydrogen-bond donors (Lipinski definition) is 2. The highest BCUT2D eigenvalue weighted by Crippen LogP contribution is 2.25. The monoisotopic (exact) mass is 430 g/mol. The Labute approximate surface area is 183 Å². The number of aliphatic carboxylic acids is 1. The average Bonchev–Trinajstić information content (AvgIpc) is 3.16. The van der Waals surface area contributed by atoms with Crippen LogP contribution in [0.2, 0.25) is 0 Å². The second-order valence-electron chi connectivity index (χ2n) is 7.39. The van der Waals surface area contributed by atoms with Gasteiger partial charge in [0.2, 0.25) is 0 Å². The Bertz CT molecular complexity index is 1430. The van der Waals surface area contributed by atoms with Gasteiger partial charge in [-0.2, -0.15) is 0 Å². The van der Waals surface area contributed by atoms with Gasteiger partial charge in [-0.25, -0.2) is 14.6 Å². The number of nitrogens with zero attached hydrogens (tertiary/aromatic N) is 3. The zero-order chi connectivity index (χ0) is 22.7. The SMILES string of the molecule is CCCn1c(-c2cccc(/C=C/C(=O)O)c2)nc2c(=O)[nH]c(=O)n(Cc3ccccc3)c21. The zero-order valence-electron chi connectivity index (χ0n) is 17.5. The van der Waals surface area contributed by atoms with Crippen molar-refractivity contribution >= 4 is 23.2 Å². The molecule has 0 atom stereocenters. The minimum absolute atomic E-state index is 0.190. The third-order valence-corrected chi connectivity index (χ3v) is 5.07. The van der Waals surface area contributed by atoms with Gasteiger partial charge in [-0.05, 0) is 29.7 Å². The molecule has 2 aromatic carbocycles. The van der Waals surface area contributed by atoms with E-state index in [1.165, 1.54) is 10.6 Å². The first kappa shape index (κ1) is 21.0. The third-order valence-electron chi connectivity index (χ3n) is 5.07. The van der Waals surface area contributed by atoms with Crippen molar-refractivity contribution in [3.63, 3.8) is 0 Å². The Morgan fingerprint density at radius 2 is 1.88 bits per heavy atom. The molecule has 0 radical (unpaired) electrons. The zero-order valence-corrected chi connectivity index (χ0v) is 17.5. The lowest BCUT2D eigenvalue weighted by Crippen LogP contribution is -2.31. The Morgan fingerprint density at radius 3 is 2.59 bits per heavy atom. The topological polar surface area (TPSA) is 110 Å². The average molecular weight is 430 g/mol. The van der Waals surface area contributed by atoms with E-state index in [1.54, 1.807) is 18.2 Å². The minimum Gasteiger partial charge on any atom is -0.478 e. The van der Waals surface area contributed by atoms with E-state index < -0.39 is 17.2 Å². The molecule has 8 heteroatoms. The van der Waals surface area contributed by atoms with Crippen LogP contribution >= 0.6 is 0 Å². The molecule has 0 fully saturated rings. The van der Waals surface area contributed by atoms with E-state index in [-0.39, 0.29) is 5.52 Å². The van der Waals surface area contributed by atoms with Gasteiger partial charge in [0.25, 0.3) is 5.56 Å². The highest BCUT2D eigenvalue weighted by molar-refractivity contribution is 5.85. The maximum absolute atomic E-state index is 12.8. The van der Waals surface area contributed by atoms with E-state index in [2.05, 4.69) is 9.97 Å². The summed E-state index contributed by atoms with van der Waals surface area (Å²) in [5.41, 5.74) is 1.97. The van der Waals surface area contributed by atoms with E-state index >= 15 is 0 Å². The molecule has 0 bridgehead atoms. The maximum atomic E-state index is 12.8. The van der Waals surface area contributed by atoms with Gasteiger partial charge in [0.15, 0.2) is 11.2 Å². The fourth-order valence-electron chi connectivity index (χ4n) is 3.71. The summed E-state index contributed by atoms with van der Waals surface area (Å²) in [6, 6.07) is 16.8. The van der Waals surface area contributed by atoms with Crippen LogP contribution in [0.15, 0.2) is 70.3 Å². The van der Waals surface area contributed by atoms with Crippen LogP contribution < -0.4 is 11.2 Å². The molecule has 0 amide bonds. The maximum Gasteiger partial charge on any atom is 0.330 e. The van der Waals surface area contributed by atoms with E-state index in [4.69, 9.17) is 5.11 Å². The first-order chi connectivity index (χ1) is 15.5. The van der Waals surface area contributed by atoms with E-state index in [9.17, 15) is 14.4 Å². The molecular weight excluding hydrogens is 408 g/mol. The summed E-state index contributed by atoms with van der Waals surface area (Å²) in [5.74, 6) is -0.490. The second kappa shape index (κ2) is 8.89. The molecule has 0 aliphatic heterocycles. The van der Waals surface area contributed by atoms with Crippen molar-refractivity contribution in [1.29, 1.82) is 0 Å². The van der Waals surface area contributed by atoms with Crippen LogP contribution in [0, 0.1) is 0 Å². The standard InChI is InChI=1S/C24H22N4O4/c1-2-13-27-21(18-10-6-9-16(14-18)11-12-19(29)30)25-20-22(31)26-24(32)28(23(20)27)15-17-7-4-3-5-8-17/h3-12,14H,2,13,15H2,1H3,(H,29,30)(H,26,31,32)/b12-11+. The van der Waals surface area contributed by atoms with Gasteiger partial charge in [-0.1, -0.05) is 55.5 Å². The summed E-state index contributed by atoms with van der Waals surface area (Å²) in [5, 5.41) is 8.90. The molecule has 2 aromatic heterocycles. The summed E-state index contributed by atoms with van der Waals surface area (Å²) in [6.07, 6.45) is 3.33. The molecule has 0 spiro atoms. The summed E-state index contributed by atoms with van der Waals surface area (Å²) in [7, 11) is 0. The van der Waals surface area contributed by atoms with Crippen LogP contribution in [-0.2, 0) is 17.9 Å². The number of benzene rings is 2. The number of carbonyl (C=O) groups is 1. The summed E-state index contributed by atoms with van der Waals surface area (Å²) in [4.78, 5) is 43.2. The van der Waals surface area contributed by atoms with Gasteiger partial charge in [0.05, 0.1) is 6.54 Å². The predicted octanol–water partition coefficient (Wildman–Crippen LogP) is 3.11. The molecule has 0 saturated heterocycles. The summed E-state index contributed by atoms with van der Waals surface area (Å²) in [6.45, 7) is 2.86. The van der Waals surface area contributed by atoms with Crippen molar-refractivity contribution in [2.24, 2.45) is 0 Å². The Morgan fingerprint density at radius 1 is 1.09 bits per heavy atom. The molecule has 0 aliphatic rings. The number of hydrogen-bond acceptors (Lipinski definition) is 4. The molecule has 0 aliphatic carbocycles. The van der Waals surface area contributed by atoms with Gasteiger partial charge in [-0.3, -0.25) is 14.3 Å². The molecule has 162 valence electrons. The van der Waals surface area contributed by atoms with Crippen molar-refractivity contribution in [3.8, 4) is 11.4 Å². The minimum atomic E-state index is -1.04. The van der Waals surface area contributed by atoms with Crippen LogP contribution in [-0.4, -0.2) is 30.2 Å². The van der Waals surface area contributed by atoms with Crippen LogP contribution in [0.4, 0.5) is 0 Å². The van der Waals surface area contributed by atoms with Crippen LogP contribution in [0.1, 0.15) is 24.5 Å². The quantitative estimate of drug-likeness (QED) is 0.438. The van der Waals surface area contributed by atoms with E-state index in [1.807, 2.05) is 47.9 Å². The number of carboxylic acid groups (broad SMARTS) is 1. The molecule has 4 aromatic rings. The van der Waals surface area contributed by atoms with Crippen molar-refractivity contribution in [2.45, 2.75) is 26.4 Å². The second-order valence-corrected chi connectivity index (χ2v) is 7.39. The van der Waals surface area contributed by atoms with Gasteiger partial charge >= 0.3 is 11.7 Å². The largest absolute Gasteiger partial charge is 0.478 e. The third kappa shape index (κ3) is 4.15. The molecule has 0 saturated carbocycles. The molecule has 2 heterocycles. The van der Waals surface area contributed by atoms with Crippen molar-refractivity contribution in [1.82, 2.24) is 19.1 Å². The fraction of sp³-hybridized carbons (Fsp3) is 0.167. The molecule has 32 heavy (non-hydrogen) atoms. The van der Waals surface area contributed by atoms with Gasteiger partial charge in [0, 0.05) is 18.2 Å². The number of carboxylic acids is 1. The lowest BCUT2D eigenvalue weighted by molar-refractivity contribution is -0.131. The number of aryl methyl sites for hydroxylation is 1. The molecular formula is C24H22N4O4. The molecule has 4 rings (SSSR count). The van der Waals surface area contributed by atoms with Crippen LogP contribution in [0.25, 0.3) is 28.6 Å². The molecule has 2 N–H and O–H groups in total. The van der Waals surface area contributed by atoms with Crippen LogP contribution in [0.5, 0.6) is 0 Å². The van der Waals surface area contributed by atoms with Gasteiger partial charge < -0.3 is 9.67 Å². The Hall–Kier alpha value is -4.20. The van der Waals surface area contributed by atoms with Crippen LogP contribution in [0.3, 0.4) is 0 Å². The predicted molar refractivity (Wildman–Crippen MR) is 123 cm³/mol. The van der Waals surface area contributed by atoms with Crippen molar-refractivity contribution in [2.75, 3.05) is 0 Å². The smallest absolute Gasteiger partial charge is 0.330 e. The number of fused-ring (bicyclic) bond motifs is 1. The van der Waals surface area contributed by atoms with Gasteiger partial charge in [-0.15, -0.1) is 0 Å². The number of nitrogens with one attached hydrogen (secondary N) is 1. The normalized spacial score (nSPS) is 11.4. The fourth-order valence-corrected chi connectivity index (χ4v) is 3.71. The first-order valence-corrected chi connectivity index (χ1v) is 10.3. The van der Waals surface area contributed by atoms with E-state index in [0.29, 0.717) is 30.1 Å². The van der Waals surface area contributed by atoms with Gasteiger partial charge in [0.1, 0.15) is 5.82 Å². The number of aromatic nitrogens is 4. The number of imidazole rings is 1. The number of rotatable bonds is 7. The first-order valence-electron chi connectivity index (χ1n) is 10.3. The Balaban J connectivity index is 1.95. The Kier molecular flexibility index (Phi) is 5.85. The summed E-state index contributed by atoms with van der Waals surface area (Å²) < 4.78 is 3.42. The molecule has 8 nitrogen and oxygen atoms in total. The van der Waals surface area contributed by atoms with E-state index in [0.717, 1.165) is 23.6 Å². The summed E-state index contributed by atoms with van der Waals surface area (Å²) >= 11 is 0. The number of aromatic amines is 1. The van der Waals surface area contributed by atoms with Crippen molar-refractivity contribution in [3.05, 3.63) is 92.6 Å².